The van der Waals surface area contributed by atoms with Crippen molar-refractivity contribution in [2.75, 3.05) is 24.6 Å². The number of fused-ring (bicyclic) bond motifs is 1. The largest absolute Gasteiger partial charge is 0.490 e. The SMILES string of the molecule is O=C1CCCN1Cc1ccc(C(=O)N2CCOc3ccccc32)cc1. The zero-order valence-corrected chi connectivity index (χ0v) is 14.0. The van der Waals surface area contributed by atoms with Crippen molar-refractivity contribution in [3.05, 3.63) is 59.7 Å². The number of ether oxygens (including phenoxy) is 1. The maximum atomic E-state index is 12.9. The highest BCUT2D eigenvalue weighted by Gasteiger charge is 2.24. The van der Waals surface area contributed by atoms with Crippen molar-refractivity contribution in [3.8, 4) is 5.75 Å². The van der Waals surface area contributed by atoms with Gasteiger partial charge < -0.3 is 14.5 Å². The van der Waals surface area contributed by atoms with Crippen molar-refractivity contribution in [1.82, 2.24) is 4.90 Å². The Morgan fingerprint density at radius 2 is 1.84 bits per heavy atom. The maximum Gasteiger partial charge on any atom is 0.258 e. The third kappa shape index (κ3) is 3.09. The molecule has 2 aliphatic rings. The predicted octanol–water partition coefficient (Wildman–Crippen LogP) is 2.85. The number of hydrogen-bond acceptors (Lipinski definition) is 3. The summed E-state index contributed by atoms with van der Waals surface area (Å²) in [4.78, 5) is 28.2. The van der Waals surface area contributed by atoms with Crippen molar-refractivity contribution in [1.29, 1.82) is 0 Å². The van der Waals surface area contributed by atoms with Gasteiger partial charge in [0.1, 0.15) is 12.4 Å². The first-order chi connectivity index (χ1) is 12.2. The van der Waals surface area contributed by atoms with Gasteiger partial charge in [-0.15, -0.1) is 0 Å². The Morgan fingerprint density at radius 3 is 2.60 bits per heavy atom. The Labute approximate surface area is 146 Å². The number of carbonyl (C=O) groups excluding carboxylic acids is 2. The summed E-state index contributed by atoms with van der Waals surface area (Å²) in [5.74, 6) is 0.927. The summed E-state index contributed by atoms with van der Waals surface area (Å²) in [5, 5.41) is 0. The molecule has 2 amide bonds. The number of carbonyl (C=O) groups is 2. The van der Waals surface area contributed by atoms with E-state index in [1.165, 1.54) is 0 Å². The minimum atomic E-state index is -0.0282. The molecule has 2 aromatic rings. The van der Waals surface area contributed by atoms with E-state index in [2.05, 4.69) is 0 Å². The molecule has 0 atom stereocenters. The van der Waals surface area contributed by atoms with Gasteiger partial charge in [-0.1, -0.05) is 24.3 Å². The quantitative estimate of drug-likeness (QED) is 0.866. The zero-order valence-electron chi connectivity index (χ0n) is 14.0. The molecule has 0 radical (unpaired) electrons. The maximum absolute atomic E-state index is 12.9. The minimum Gasteiger partial charge on any atom is -0.490 e. The number of nitrogens with zero attached hydrogens (tertiary/aromatic N) is 2. The fourth-order valence-electron chi connectivity index (χ4n) is 3.38. The summed E-state index contributed by atoms with van der Waals surface area (Å²) in [5.41, 5.74) is 2.51. The van der Waals surface area contributed by atoms with Crippen molar-refractivity contribution in [2.45, 2.75) is 19.4 Å². The second kappa shape index (κ2) is 6.59. The van der Waals surface area contributed by atoms with Crippen molar-refractivity contribution in [2.24, 2.45) is 0 Å². The lowest BCUT2D eigenvalue weighted by Crippen LogP contribution is -2.37. The van der Waals surface area contributed by atoms with Crippen LogP contribution in [0.4, 0.5) is 5.69 Å². The van der Waals surface area contributed by atoms with Gasteiger partial charge in [-0.05, 0) is 36.2 Å². The molecule has 1 fully saturated rings. The van der Waals surface area contributed by atoms with Gasteiger partial charge in [-0.25, -0.2) is 0 Å². The van der Waals surface area contributed by atoms with Crippen LogP contribution >= 0.6 is 0 Å². The van der Waals surface area contributed by atoms with Crippen LogP contribution in [-0.2, 0) is 11.3 Å². The molecule has 2 aliphatic heterocycles. The second-order valence-electron chi connectivity index (χ2n) is 6.39. The molecule has 128 valence electrons. The third-order valence-electron chi connectivity index (χ3n) is 4.72. The molecule has 0 N–H and O–H groups in total. The molecule has 2 aromatic carbocycles. The molecule has 0 saturated carbocycles. The van der Waals surface area contributed by atoms with Gasteiger partial charge in [0.25, 0.3) is 5.91 Å². The van der Waals surface area contributed by atoms with Gasteiger partial charge in [0.2, 0.25) is 5.91 Å². The standard InChI is InChI=1S/C20H20N2O3/c23-19-6-3-11-21(19)14-15-7-9-16(10-8-15)20(24)22-12-13-25-18-5-2-1-4-17(18)22/h1-2,4-5,7-10H,3,6,11-14H2. The fourth-order valence-corrected chi connectivity index (χ4v) is 3.38. The third-order valence-corrected chi connectivity index (χ3v) is 4.72. The van der Waals surface area contributed by atoms with Crippen LogP contribution in [0.5, 0.6) is 5.75 Å². The van der Waals surface area contributed by atoms with Gasteiger partial charge in [0.05, 0.1) is 12.2 Å². The van der Waals surface area contributed by atoms with E-state index in [-0.39, 0.29) is 11.8 Å². The first-order valence-electron chi connectivity index (χ1n) is 8.63. The minimum absolute atomic E-state index is 0.0282. The number of hydrogen-bond donors (Lipinski definition) is 0. The van der Waals surface area contributed by atoms with Crippen LogP contribution in [-0.4, -0.2) is 36.4 Å². The molecule has 0 spiro atoms. The average molecular weight is 336 g/mol. The second-order valence-corrected chi connectivity index (χ2v) is 6.39. The summed E-state index contributed by atoms with van der Waals surface area (Å²) in [6, 6.07) is 15.2. The van der Waals surface area contributed by atoms with Crippen LogP contribution in [0.25, 0.3) is 0 Å². The van der Waals surface area contributed by atoms with Crippen LogP contribution in [0, 0.1) is 0 Å². The molecule has 1 saturated heterocycles. The lowest BCUT2D eigenvalue weighted by Gasteiger charge is -2.29. The summed E-state index contributed by atoms with van der Waals surface area (Å²) in [7, 11) is 0. The van der Waals surface area contributed by atoms with Crippen molar-refractivity contribution >= 4 is 17.5 Å². The molecule has 0 aliphatic carbocycles. The molecular weight excluding hydrogens is 316 g/mol. The van der Waals surface area contributed by atoms with Crippen molar-refractivity contribution in [3.63, 3.8) is 0 Å². The van der Waals surface area contributed by atoms with Crippen LogP contribution < -0.4 is 9.64 Å². The van der Waals surface area contributed by atoms with Crippen LogP contribution in [0.15, 0.2) is 48.5 Å². The van der Waals surface area contributed by atoms with E-state index in [4.69, 9.17) is 4.74 Å². The molecule has 5 nitrogen and oxygen atoms in total. The zero-order chi connectivity index (χ0) is 17.2. The average Bonchev–Trinajstić information content (AvgIpc) is 3.06. The highest BCUT2D eigenvalue weighted by molar-refractivity contribution is 6.07. The molecule has 0 aromatic heterocycles. The first-order valence-corrected chi connectivity index (χ1v) is 8.63. The Bertz CT molecular complexity index is 801. The van der Waals surface area contributed by atoms with Gasteiger partial charge >= 0.3 is 0 Å². The molecule has 2 heterocycles. The van der Waals surface area contributed by atoms with Gasteiger partial charge in [-0.3, -0.25) is 9.59 Å². The van der Waals surface area contributed by atoms with Crippen LogP contribution in [0.3, 0.4) is 0 Å². The number of rotatable bonds is 3. The smallest absolute Gasteiger partial charge is 0.258 e. The monoisotopic (exact) mass is 336 g/mol. The Balaban J connectivity index is 1.51. The van der Waals surface area contributed by atoms with Crippen molar-refractivity contribution < 1.29 is 14.3 Å². The van der Waals surface area contributed by atoms with E-state index in [9.17, 15) is 9.59 Å². The van der Waals surface area contributed by atoms with Crippen LogP contribution in [0.1, 0.15) is 28.8 Å². The summed E-state index contributed by atoms with van der Waals surface area (Å²) in [6.45, 7) is 2.48. The Morgan fingerprint density at radius 1 is 1.04 bits per heavy atom. The number of benzene rings is 2. The lowest BCUT2D eigenvalue weighted by molar-refractivity contribution is -0.128. The number of amides is 2. The summed E-state index contributed by atoms with van der Waals surface area (Å²) in [6.07, 6.45) is 1.58. The Kier molecular flexibility index (Phi) is 4.14. The van der Waals surface area contributed by atoms with Gasteiger partial charge in [0.15, 0.2) is 0 Å². The summed E-state index contributed by atoms with van der Waals surface area (Å²) >= 11 is 0. The summed E-state index contributed by atoms with van der Waals surface area (Å²) < 4.78 is 5.61. The normalized spacial score (nSPS) is 16.6. The number of anilines is 1. The molecule has 25 heavy (non-hydrogen) atoms. The predicted molar refractivity (Wildman–Crippen MR) is 94.7 cm³/mol. The molecule has 0 bridgehead atoms. The van der Waals surface area contributed by atoms with E-state index in [0.29, 0.717) is 31.7 Å². The highest BCUT2D eigenvalue weighted by Crippen LogP contribution is 2.32. The molecular formula is C20H20N2O3. The highest BCUT2D eigenvalue weighted by atomic mass is 16.5. The lowest BCUT2D eigenvalue weighted by atomic mass is 10.1. The van der Waals surface area contributed by atoms with E-state index < -0.39 is 0 Å². The van der Waals surface area contributed by atoms with Gasteiger partial charge in [0, 0.05) is 25.1 Å². The first kappa shape index (κ1) is 15.7. The number of para-hydroxylation sites is 2. The number of likely N-dealkylation sites (tertiary alicyclic amines) is 1. The molecule has 0 unspecified atom stereocenters. The van der Waals surface area contributed by atoms with E-state index in [1.54, 1.807) is 4.90 Å². The van der Waals surface area contributed by atoms with Crippen LogP contribution in [0.2, 0.25) is 0 Å². The molecule has 5 heteroatoms. The van der Waals surface area contributed by atoms with E-state index in [0.717, 1.165) is 30.0 Å². The topological polar surface area (TPSA) is 49.9 Å². The molecule has 4 rings (SSSR count). The fraction of sp³-hybridized carbons (Fsp3) is 0.300. The Hall–Kier alpha value is -2.82. The van der Waals surface area contributed by atoms with E-state index >= 15 is 0 Å². The van der Waals surface area contributed by atoms with Gasteiger partial charge in [-0.2, -0.15) is 0 Å². The van der Waals surface area contributed by atoms with E-state index in [1.807, 2.05) is 53.4 Å².